The summed E-state index contributed by atoms with van der Waals surface area (Å²) >= 11 is 13.4. The Kier molecular flexibility index (Phi) is 7.72. The van der Waals surface area contributed by atoms with E-state index < -0.39 is 0 Å². The van der Waals surface area contributed by atoms with E-state index in [2.05, 4.69) is 20.2 Å². The molecule has 3 rings (SSSR count). The van der Waals surface area contributed by atoms with Gasteiger partial charge in [-0.05, 0) is 17.7 Å². The summed E-state index contributed by atoms with van der Waals surface area (Å²) in [6.45, 7) is 3.48. The first-order chi connectivity index (χ1) is 13.1. The molecular formula is C18H20Cl2N4O2S. The Labute approximate surface area is 172 Å². The summed E-state index contributed by atoms with van der Waals surface area (Å²) in [6.07, 6.45) is 4.82. The number of benzene rings is 1. The molecule has 1 saturated heterocycles. The molecule has 144 valence electrons. The fraction of sp³-hybridized carbons (Fsp3) is 0.389. The minimum Gasteiger partial charge on any atom is -0.374 e. The van der Waals surface area contributed by atoms with Gasteiger partial charge in [0, 0.05) is 38.6 Å². The van der Waals surface area contributed by atoms with Crippen LogP contribution in [0.3, 0.4) is 0 Å². The topological polar surface area (TPSA) is 67.4 Å². The summed E-state index contributed by atoms with van der Waals surface area (Å²) in [5.41, 5.74) is 1.11. The SMILES string of the molecule is O=C(CSc1cnccn1)NC[C@H]1CN(Cc2ccc(Cl)c(Cl)c2)CCO1. The van der Waals surface area contributed by atoms with Crippen LogP contribution in [0.2, 0.25) is 10.0 Å². The van der Waals surface area contributed by atoms with Crippen molar-refractivity contribution in [2.24, 2.45) is 0 Å². The second-order valence-electron chi connectivity index (χ2n) is 6.11. The number of amides is 1. The smallest absolute Gasteiger partial charge is 0.230 e. The second kappa shape index (κ2) is 10.2. The van der Waals surface area contributed by atoms with Crippen molar-refractivity contribution in [2.45, 2.75) is 17.7 Å². The van der Waals surface area contributed by atoms with Gasteiger partial charge in [-0.1, -0.05) is 41.0 Å². The number of aromatic nitrogens is 2. The first-order valence-electron chi connectivity index (χ1n) is 8.53. The summed E-state index contributed by atoms with van der Waals surface area (Å²) in [5, 5.41) is 4.78. The first kappa shape index (κ1) is 20.4. The van der Waals surface area contributed by atoms with Crippen LogP contribution in [0.1, 0.15) is 5.56 Å². The van der Waals surface area contributed by atoms with E-state index in [9.17, 15) is 4.79 Å². The summed E-state index contributed by atoms with van der Waals surface area (Å²) in [5.74, 6) is 0.258. The number of ether oxygens (including phenoxy) is 1. The summed E-state index contributed by atoms with van der Waals surface area (Å²) in [7, 11) is 0. The van der Waals surface area contributed by atoms with Gasteiger partial charge in [0.1, 0.15) is 5.03 Å². The van der Waals surface area contributed by atoms with Gasteiger partial charge in [-0.2, -0.15) is 0 Å². The highest BCUT2D eigenvalue weighted by Crippen LogP contribution is 2.23. The average molecular weight is 427 g/mol. The molecule has 2 heterocycles. The van der Waals surface area contributed by atoms with Crippen LogP contribution in [-0.4, -0.2) is 58.9 Å². The molecule has 0 spiro atoms. The zero-order chi connectivity index (χ0) is 19.1. The number of carbonyl (C=O) groups excluding carboxylic acids is 1. The van der Waals surface area contributed by atoms with Crippen molar-refractivity contribution in [3.8, 4) is 0 Å². The minimum absolute atomic E-state index is 0.0352. The molecule has 1 fully saturated rings. The molecule has 1 aliphatic rings. The van der Waals surface area contributed by atoms with Gasteiger partial charge in [0.15, 0.2) is 0 Å². The molecule has 1 atom stereocenters. The fourth-order valence-corrected chi connectivity index (χ4v) is 3.69. The molecule has 6 nitrogen and oxygen atoms in total. The summed E-state index contributed by atoms with van der Waals surface area (Å²) in [6, 6.07) is 5.68. The Morgan fingerprint density at radius 2 is 2.22 bits per heavy atom. The number of morpholine rings is 1. The van der Waals surface area contributed by atoms with Crippen LogP contribution < -0.4 is 5.32 Å². The van der Waals surface area contributed by atoms with E-state index in [4.69, 9.17) is 27.9 Å². The van der Waals surface area contributed by atoms with Crippen molar-refractivity contribution < 1.29 is 9.53 Å². The van der Waals surface area contributed by atoms with Crippen LogP contribution in [0.5, 0.6) is 0 Å². The molecule has 1 aromatic heterocycles. The molecule has 9 heteroatoms. The van der Waals surface area contributed by atoms with E-state index >= 15 is 0 Å². The molecule has 27 heavy (non-hydrogen) atoms. The largest absolute Gasteiger partial charge is 0.374 e. The Bertz CT molecular complexity index is 766. The van der Waals surface area contributed by atoms with Crippen molar-refractivity contribution in [2.75, 3.05) is 32.0 Å². The lowest BCUT2D eigenvalue weighted by Gasteiger charge is -2.33. The molecular weight excluding hydrogens is 407 g/mol. The lowest BCUT2D eigenvalue weighted by molar-refractivity contribution is -0.119. The van der Waals surface area contributed by atoms with Gasteiger partial charge in [0.2, 0.25) is 5.91 Å². The van der Waals surface area contributed by atoms with E-state index in [1.54, 1.807) is 18.6 Å². The predicted octanol–water partition coefficient (Wildman–Crippen LogP) is 2.89. The monoisotopic (exact) mass is 426 g/mol. The molecule has 1 aromatic carbocycles. The molecule has 0 bridgehead atoms. The number of thioether (sulfide) groups is 1. The summed E-state index contributed by atoms with van der Waals surface area (Å²) < 4.78 is 5.77. The Morgan fingerprint density at radius 3 is 3.00 bits per heavy atom. The number of carbonyl (C=O) groups is 1. The molecule has 0 radical (unpaired) electrons. The average Bonchev–Trinajstić information content (AvgIpc) is 2.69. The fourth-order valence-electron chi connectivity index (χ4n) is 2.72. The lowest BCUT2D eigenvalue weighted by atomic mass is 10.2. The zero-order valence-electron chi connectivity index (χ0n) is 14.6. The molecule has 0 unspecified atom stereocenters. The second-order valence-corrected chi connectivity index (χ2v) is 7.92. The highest BCUT2D eigenvalue weighted by Gasteiger charge is 2.21. The number of hydrogen-bond acceptors (Lipinski definition) is 6. The highest BCUT2D eigenvalue weighted by atomic mass is 35.5. The molecule has 1 aliphatic heterocycles. The highest BCUT2D eigenvalue weighted by molar-refractivity contribution is 7.99. The Morgan fingerprint density at radius 1 is 1.33 bits per heavy atom. The third-order valence-electron chi connectivity index (χ3n) is 4.03. The van der Waals surface area contributed by atoms with E-state index in [1.165, 1.54) is 11.8 Å². The third-order valence-corrected chi connectivity index (χ3v) is 5.68. The number of hydrogen-bond donors (Lipinski definition) is 1. The zero-order valence-corrected chi connectivity index (χ0v) is 16.9. The minimum atomic E-state index is -0.0455. The maximum Gasteiger partial charge on any atom is 0.230 e. The van der Waals surface area contributed by atoms with Gasteiger partial charge in [-0.3, -0.25) is 14.7 Å². The van der Waals surface area contributed by atoms with Crippen LogP contribution in [0.15, 0.2) is 41.8 Å². The van der Waals surface area contributed by atoms with Gasteiger partial charge in [-0.15, -0.1) is 0 Å². The van der Waals surface area contributed by atoms with Gasteiger partial charge < -0.3 is 10.1 Å². The van der Waals surface area contributed by atoms with E-state index in [-0.39, 0.29) is 12.0 Å². The lowest BCUT2D eigenvalue weighted by Crippen LogP contribution is -2.47. The van der Waals surface area contributed by atoms with Gasteiger partial charge in [-0.25, -0.2) is 4.98 Å². The molecule has 1 amide bonds. The molecule has 0 saturated carbocycles. The number of rotatable bonds is 7. The van der Waals surface area contributed by atoms with Crippen molar-refractivity contribution in [1.29, 1.82) is 0 Å². The maximum atomic E-state index is 12.0. The quantitative estimate of drug-likeness (QED) is 0.686. The van der Waals surface area contributed by atoms with Crippen LogP contribution in [-0.2, 0) is 16.1 Å². The van der Waals surface area contributed by atoms with Crippen molar-refractivity contribution in [1.82, 2.24) is 20.2 Å². The Balaban J connectivity index is 1.41. The van der Waals surface area contributed by atoms with Crippen LogP contribution in [0.25, 0.3) is 0 Å². The number of nitrogens with zero attached hydrogens (tertiary/aromatic N) is 3. The van der Waals surface area contributed by atoms with E-state index in [0.717, 1.165) is 30.2 Å². The third kappa shape index (κ3) is 6.62. The van der Waals surface area contributed by atoms with E-state index in [1.807, 2.05) is 18.2 Å². The summed E-state index contributed by atoms with van der Waals surface area (Å²) in [4.78, 5) is 22.4. The van der Waals surface area contributed by atoms with Crippen molar-refractivity contribution in [3.63, 3.8) is 0 Å². The van der Waals surface area contributed by atoms with Crippen LogP contribution >= 0.6 is 35.0 Å². The molecule has 1 N–H and O–H groups in total. The molecule has 0 aliphatic carbocycles. The molecule has 2 aromatic rings. The number of halogens is 2. The standard InChI is InChI=1S/C18H20Cl2N4O2S/c19-15-2-1-13(7-16(15)20)10-24-5-6-26-14(11-24)8-23-17(25)12-27-18-9-21-3-4-22-18/h1-4,7,9,14H,5-6,8,10-12H2,(H,23,25)/t14-/m0/s1. The number of nitrogens with one attached hydrogen (secondary N) is 1. The van der Waals surface area contributed by atoms with Crippen molar-refractivity contribution in [3.05, 3.63) is 52.4 Å². The van der Waals surface area contributed by atoms with E-state index in [0.29, 0.717) is 28.9 Å². The van der Waals surface area contributed by atoms with Gasteiger partial charge >= 0.3 is 0 Å². The predicted molar refractivity (Wildman–Crippen MR) is 107 cm³/mol. The maximum absolute atomic E-state index is 12.0. The first-order valence-corrected chi connectivity index (χ1v) is 10.3. The van der Waals surface area contributed by atoms with Crippen molar-refractivity contribution >= 4 is 40.9 Å². The normalized spacial score (nSPS) is 17.6. The van der Waals surface area contributed by atoms with Crippen LogP contribution in [0.4, 0.5) is 0 Å². The Hall–Kier alpha value is -1.38. The van der Waals surface area contributed by atoms with Gasteiger partial charge in [0.25, 0.3) is 0 Å². The van der Waals surface area contributed by atoms with Gasteiger partial charge in [0.05, 0.1) is 34.7 Å². The van der Waals surface area contributed by atoms with Crippen LogP contribution in [0, 0.1) is 0 Å².